The third-order valence-electron chi connectivity index (χ3n) is 3.70. The van der Waals surface area contributed by atoms with Crippen molar-refractivity contribution in [2.24, 2.45) is 10.8 Å². The largest absolute Gasteiger partial charge is 0.481 e. The van der Waals surface area contributed by atoms with Crippen molar-refractivity contribution in [2.75, 3.05) is 0 Å². The van der Waals surface area contributed by atoms with Gasteiger partial charge in [0.1, 0.15) is 0 Å². The zero-order valence-corrected chi connectivity index (χ0v) is 12.8. The number of aliphatic carboxylic acids is 1. The van der Waals surface area contributed by atoms with Crippen LogP contribution in [0.4, 0.5) is 0 Å². The van der Waals surface area contributed by atoms with Crippen LogP contribution in [0.2, 0.25) is 0 Å². The first-order chi connectivity index (χ1) is 8.43. The van der Waals surface area contributed by atoms with Crippen molar-refractivity contribution in [3.63, 3.8) is 0 Å². The molecule has 4 heteroatoms. The number of hydrogen-bond acceptors (Lipinski definition) is 2. The molecule has 2 N–H and O–H groups in total. The Kier molecular flexibility index (Phi) is 4.33. The van der Waals surface area contributed by atoms with Gasteiger partial charge < -0.3 is 10.4 Å². The van der Waals surface area contributed by atoms with E-state index in [0.717, 1.165) is 19.3 Å². The molecule has 19 heavy (non-hydrogen) atoms. The molecule has 1 saturated carbocycles. The highest BCUT2D eigenvalue weighted by Crippen LogP contribution is 2.49. The Morgan fingerprint density at radius 2 is 1.42 bits per heavy atom. The lowest BCUT2D eigenvalue weighted by Crippen LogP contribution is -2.54. The summed E-state index contributed by atoms with van der Waals surface area (Å²) >= 11 is 0. The van der Waals surface area contributed by atoms with E-state index in [9.17, 15) is 9.59 Å². The van der Waals surface area contributed by atoms with E-state index in [1.807, 2.05) is 0 Å². The molecule has 0 aromatic heterocycles. The molecule has 1 aliphatic rings. The van der Waals surface area contributed by atoms with Gasteiger partial charge in [-0.3, -0.25) is 9.59 Å². The standard InChI is InChI=1S/C15H27NO3/c1-13(2)8-14(3,4)10-15(5,9-13)16-11(17)6-7-12(18)19/h6-10H2,1-5H3,(H,16,17)(H,18,19). The zero-order valence-electron chi connectivity index (χ0n) is 12.8. The van der Waals surface area contributed by atoms with Gasteiger partial charge in [-0.05, 0) is 37.0 Å². The molecule has 1 fully saturated rings. The highest BCUT2D eigenvalue weighted by Gasteiger charge is 2.45. The van der Waals surface area contributed by atoms with Crippen LogP contribution in [0.3, 0.4) is 0 Å². The predicted octanol–water partition coefficient (Wildman–Crippen LogP) is 2.96. The first-order valence-electron chi connectivity index (χ1n) is 6.96. The SMILES string of the molecule is CC1(C)CC(C)(C)CC(C)(NC(=O)CCC(=O)O)C1. The molecule has 0 spiro atoms. The molecule has 0 aromatic rings. The first-order valence-corrected chi connectivity index (χ1v) is 6.96. The van der Waals surface area contributed by atoms with Gasteiger partial charge >= 0.3 is 5.97 Å². The van der Waals surface area contributed by atoms with Crippen molar-refractivity contribution in [1.82, 2.24) is 5.32 Å². The molecule has 4 nitrogen and oxygen atoms in total. The molecule has 0 aliphatic heterocycles. The summed E-state index contributed by atoms with van der Waals surface area (Å²) in [6, 6.07) is 0. The number of amides is 1. The second kappa shape index (κ2) is 5.14. The minimum atomic E-state index is -0.926. The molecule has 0 unspecified atom stereocenters. The lowest BCUT2D eigenvalue weighted by molar-refractivity contribution is -0.139. The van der Waals surface area contributed by atoms with Crippen LogP contribution in [0.5, 0.6) is 0 Å². The van der Waals surface area contributed by atoms with Crippen LogP contribution in [0.25, 0.3) is 0 Å². The fourth-order valence-corrected chi connectivity index (χ4v) is 4.30. The van der Waals surface area contributed by atoms with Crippen LogP contribution in [0.15, 0.2) is 0 Å². The topological polar surface area (TPSA) is 66.4 Å². The predicted molar refractivity (Wildman–Crippen MR) is 74.8 cm³/mol. The second-order valence-electron chi connectivity index (χ2n) is 7.86. The molecular formula is C15H27NO3. The lowest BCUT2D eigenvalue weighted by Gasteiger charge is -2.51. The van der Waals surface area contributed by atoms with Crippen LogP contribution in [-0.2, 0) is 9.59 Å². The smallest absolute Gasteiger partial charge is 0.303 e. The van der Waals surface area contributed by atoms with Crippen LogP contribution >= 0.6 is 0 Å². The van der Waals surface area contributed by atoms with E-state index in [2.05, 4.69) is 39.9 Å². The molecule has 1 aliphatic carbocycles. The fourth-order valence-electron chi connectivity index (χ4n) is 4.30. The van der Waals surface area contributed by atoms with Gasteiger partial charge in [-0.2, -0.15) is 0 Å². The summed E-state index contributed by atoms with van der Waals surface area (Å²) in [6.07, 6.45) is 2.96. The van der Waals surface area contributed by atoms with Gasteiger partial charge in [0, 0.05) is 12.0 Å². The van der Waals surface area contributed by atoms with Crippen molar-refractivity contribution >= 4 is 11.9 Å². The van der Waals surface area contributed by atoms with Gasteiger partial charge in [0.25, 0.3) is 0 Å². The van der Waals surface area contributed by atoms with E-state index in [0.29, 0.717) is 0 Å². The maximum Gasteiger partial charge on any atom is 0.303 e. The molecule has 0 aromatic carbocycles. The quantitative estimate of drug-likeness (QED) is 0.824. The van der Waals surface area contributed by atoms with Crippen LogP contribution < -0.4 is 5.32 Å². The van der Waals surface area contributed by atoms with Gasteiger partial charge in [-0.15, -0.1) is 0 Å². The number of rotatable bonds is 4. The van der Waals surface area contributed by atoms with E-state index in [1.54, 1.807) is 0 Å². The molecule has 0 saturated heterocycles. The molecule has 0 atom stereocenters. The van der Waals surface area contributed by atoms with Crippen molar-refractivity contribution in [3.05, 3.63) is 0 Å². The summed E-state index contributed by atoms with van der Waals surface area (Å²) in [5.74, 6) is -1.08. The van der Waals surface area contributed by atoms with Gasteiger partial charge in [-0.25, -0.2) is 0 Å². The van der Waals surface area contributed by atoms with Gasteiger partial charge in [0.2, 0.25) is 5.91 Å². The van der Waals surface area contributed by atoms with Crippen LogP contribution in [0.1, 0.15) is 66.7 Å². The molecule has 0 radical (unpaired) electrons. The Morgan fingerprint density at radius 1 is 0.947 bits per heavy atom. The number of carboxylic acids is 1. The fraction of sp³-hybridized carbons (Fsp3) is 0.867. The van der Waals surface area contributed by atoms with Crippen LogP contribution in [0, 0.1) is 10.8 Å². The Labute approximate surface area is 116 Å². The summed E-state index contributed by atoms with van der Waals surface area (Å²) < 4.78 is 0. The Balaban J connectivity index is 2.69. The monoisotopic (exact) mass is 269 g/mol. The van der Waals surface area contributed by atoms with Gasteiger partial charge in [-0.1, -0.05) is 27.7 Å². The Morgan fingerprint density at radius 3 is 1.84 bits per heavy atom. The highest BCUT2D eigenvalue weighted by atomic mass is 16.4. The average Bonchev–Trinajstić information content (AvgIpc) is 2.07. The van der Waals surface area contributed by atoms with E-state index in [4.69, 9.17) is 5.11 Å². The van der Waals surface area contributed by atoms with Gasteiger partial charge in [0.15, 0.2) is 0 Å². The number of hydrogen-bond donors (Lipinski definition) is 2. The van der Waals surface area contributed by atoms with Crippen molar-refractivity contribution < 1.29 is 14.7 Å². The molecule has 110 valence electrons. The lowest BCUT2D eigenvalue weighted by atomic mass is 9.59. The van der Waals surface area contributed by atoms with Crippen molar-refractivity contribution in [3.8, 4) is 0 Å². The highest BCUT2D eigenvalue weighted by molar-refractivity contribution is 5.81. The number of carbonyl (C=O) groups excluding carboxylic acids is 1. The zero-order chi connectivity index (χ0) is 14.9. The molecule has 1 amide bonds. The maximum absolute atomic E-state index is 11.9. The Hall–Kier alpha value is -1.06. The minimum absolute atomic E-state index is 0.0613. The normalized spacial score (nSPS) is 23.6. The number of nitrogens with one attached hydrogen (secondary N) is 1. The first kappa shape index (κ1) is 16.0. The number of carbonyl (C=O) groups is 2. The summed E-state index contributed by atoms with van der Waals surface area (Å²) in [4.78, 5) is 22.4. The van der Waals surface area contributed by atoms with E-state index in [1.165, 1.54) is 0 Å². The summed E-state index contributed by atoms with van der Waals surface area (Å²) in [5, 5.41) is 11.7. The summed E-state index contributed by atoms with van der Waals surface area (Å²) in [6.45, 7) is 11.0. The van der Waals surface area contributed by atoms with Crippen LogP contribution in [-0.4, -0.2) is 22.5 Å². The molecule has 0 bridgehead atoms. The average molecular weight is 269 g/mol. The number of carboxylic acid groups (broad SMARTS) is 1. The molecule has 1 rings (SSSR count). The van der Waals surface area contributed by atoms with Gasteiger partial charge in [0.05, 0.1) is 6.42 Å². The maximum atomic E-state index is 11.9. The third kappa shape index (κ3) is 5.21. The summed E-state index contributed by atoms with van der Waals surface area (Å²) in [7, 11) is 0. The minimum Gasteiger partial charge on any atom is -0.481 e. The third-order valence-corrected chi connectivity index (χ3v) is 3.70. The summed E-state index contributed by atoms with van der Waals surface area (Å²) in [5.41, 5.74) is 0.147. The van der Waals surface area contributed by atoms with E-state index in [-0.39, 0.29) is 35.1 Å². The molecular weight excluding hydrogens is 242 g/mol. The van der Waals surface area contributed by atoms with Crippen molar-refractivity contribution in [1.29, 1.82) is 0 Å². The van der Waals surface area contributed by atoms with E-state index >= 15 is 0 Å². The molecule has 0 heterocycles. The second-order valence-corrected chi connectivity index (χ2v) is 7.86. The van der Waals surface area contributed by atoms with Crippen molar-refractivity contribution in [2.45, 2.75) is 72.3 Å². The Bertz CT molecular complexity index is 356. The van der Waals surface area contributed by atoms with E-state index < -0.39 is 5.97 Å².